The van der Waals surface area contributed by atoms with Gasteiger partial charge < -0.3 is 23.5 Å². The number of aromatic nitrogens is 1. The largest absolute Gasteiger partial charge is 0.493 e. The fourth-order valence-corrected chi connectivity index (χ4v) is 2.40. The summed E-state index contributed by atoms with van der Waals surface area (Å²) < 4.78 is 39.3. The molecule has 0 amide bonds. The third-order valence-electron chi connectivity index (χ3n) is 3.79. The maximum absolute atomic E-state index is 13.4. The third-order valence-corrected chi connectivity index (χ3v) is 3.79. The molecule has 0 radical (unpaired) electrons. The van der Waals surface area contributed by atoms with Crippen LogP contribution < -0.4 is 14.2 Å². The quantitative estimate of drug-likeness (QED) is 0.546. The lowest BCUT2D eigenvalue weighted by atomic mass is 10.1. The Bertz CT molecular complexity index is 955. The Morgan fingerprint density at radius 1 is 1.04 bits per heavy atom. The number of ether oxygens (including phenoxy) is 4. The average molecular weight is 387 g/mol. The van der Waals surface area contributed by atoms with Gasteiger partial charge in [-0.15, -0.1) is 0 Å². The molecule has 0 aliphatic carbocycles. The first-order chi connectivity index (χ1) is 13.6. The topological polar surface area (TPSA) is 80.0 Å². The van der Waals surface area contributed by atoms with Gasteiger partial charge >= 0.3 is 5.97 Å². The van der Waals surface area contributed by atoms with Gasteiger partial charge in [0.25, 0.3) is 0 Å². The van der Waals surface area contributed by atoms with Crippen molar-refractivity contribution in [2.45, 2.75) is 6.61 Å². The number of carbonyl (C=O) groups excluding carboxylic acids is 1. The SMILES string of the molecule is COc1ccc(-c2cc(COC(=O)COc3ccccc3F)no2)cc1OC. The molecule has 8 heteroatoms. The smallest absolute Gasteiger partial charge is 0.344 e. The number of nitrogens with zero attached hydrogens (tertiary/aromatic N) is 1. The Labute approximate surface area is 160 Å². The van der Waals surface area contributed by atoms with Gasteiger partial charge in [-0.1, -0.05) is 17.3 Å². The van der Waals surface area contributed by atoms with Crippen LogP contribution in [0.2, 0.25) is 0 Å². The molecule has 0 atom stereocenters. The minimum absolute atomic E-state index is 0.0170. The van der Waals surface area contributed by atoms with Crippen LogP contribution in [0.4, 0.5) is 4.39 Å². The van der Waals surface area contributed by atoms with Crippen LogP contribution in [0.5, 0.6) is 17.2 Å². The second-order valence-electron chi connectivity index (χ2n) is 5.63. The lowest BCUT2D eigenvalue weighted by Crippen LogP contribution is -2.15. The highest BCUT2D eigenvalue weighted by Crippen LogP contribution is 2.32. The maximum Gasteiger partial charge on any atom is 0.344 e. The first-order valence-corrected chi connectivity index (χ1v) is 8.31. The van der Waals surface area contributed by atoms with Crippen molar-refractivity contribution >= 4 is 5.97 Å². The van der Waals surface area contributed by atoms with Crippen molar-refractivity contribution in [3.8, 4) is 28.6 Å². The molecule has 1 heterocycles. The first-order valence-electron chi connectivity index (χ1n) is 8.31. The van der Waals surface area contributed by atoms with Crippen molar-refractivity contribution in [1.82, 2.24) is 5.16 Å². The number of para-hydroxylation sites is 1. The summed E-state index contributed by atoms with van der Waals surface area (Å²) >= 11 is 0. The normalized spacial score (nSPS) is 10.4. The van der Waals surface area contributed by atoms with E-state index in [1.807, 2.05) is 0 Å². The van der Waals surface area contributed by atoms with Gasteiger partial charge in [0.2, 0.25) is 0 Å². The molecule has 0 fully saturated rings. The second-order valence-corrected chi connectivity index (χ2v) is 5.63. The zero-order valence-electron chi connectivity index (χ0n) is 15.3. The van der Waals surface area contributed by atoms with E-state index in [0.29, 0.717) is 23.0 Å². The van der Waals surface area contributed by atoms with Crippen LogP contribution in [0.15, 0.2) is 53.1 Å². The summed E-state index contributed by atoms with van der Waals surface area (Å²) in [6, 6.07) is 12.7. The van der Waals surface area contributed by atoms with Crippen LogP contribution in [0.25, 0.3) is 11.3 Å². The lowest BCUT2D eigenvalue weighted by molar-refractivity contribution is -0.147. The van der Waals surface area contributed by atoms with Gasteiger partial charge in [0.1, 0.15) is 12.3 Å². The standard InChI is InChI=1S/C20H18FNO6/c1-24-17-8-7-13(9-19(17)25-2)18-10-14(22-28-18)11-27-20(23)12-26-16-6-4-3-5-15(16)21/h3-10H,11-12H2,1-2H3. The van der Waals surface area contributed by atoms with Crippen molar-refractivity contribution in [1.29, 1.82) is 0 Å². The zero-order chi connectivity index (χ0) is 19.9. The van der Waals surface area contributed by atoms with Crippen LogP contribution in [-0.2, 0) is 16.1 Å². The van der Waals surface area contributed by atoms with Gasteiger partial charge in [-0.05, 0) is 30.3 Å². The van der Waals surface area contributed by atoms with E-state index in [1.54, 1.807) is 37.4 Å². The molecule has 28 heavy (non-hydrogen) atoms. The fraction of sp³-hybridized carbons (Fsp3) is 0.200. The van der Waals surface area contributed by atoms with E-state index in [0.717, 1.165) is 5.56 Å². The summed E-state index contributed by atoms with van der Waals surface area (Å²) in [7, 11) is 3.09. The zero-order valence-corrected chi connectivity index (χ0v) is 15.3. The van der Waals surface area contributed by atoms with E-state index in [4.69, 9.17) is 23.5 Å². The fourth-order valence-electron chi connectivity index (χ4n) is 2.40. The van der Waals surface area contributed by atoms with Crippen LogP contribution >= 0.6 is 0 Å². The molecule has 0 saturated carbocycles. The molecule has 3 aromatic rings. The Morgan fingerprint density at radius 2 is 1.82 bits per heavy atom. The molecule has 7 nitrogen and oxygen atoms in total. The number of carbonyl (C=O) groups is 1. The molecule has 0 N–H and O–H groups in total. The molecule has 0 bridgehead atoms. The average Bonchev–Trinajstić information content (AvgIpc) is 3.20. The molecule has 0 unspecified atom stereocenters. The summed E-state index contributed by atoms with van der Waals surface area (Å²) in [5.74, 6) is 0.404. The van der Waals surface area contributed by atoms with Crippen LogP contribution in [0, 0.1) is 5.82 Å². The van der Waals surface area contributed by atoms with E-state index < -0.39 is 18.4 Å². The van der Waals surface area contributed by atoms with E-state index in [-0.39, 0.29) is 12.4 Å². The van der Waals surface area contributed by atoms with Gasteiger partial charge in [-0.25, -0.2) is 9.18 Å². The van der Waals surface area contributed by atoms with E-state index in [2.05, 4.69) is 5.16 Å². The molecule has 2 aromatic carbocycles. The molecule has 3 rings (SSSR count). The number of benzene rings is 2. The van der Waals surface area contributed by atoms with Crippen LogP contribution in [0.1, 0.15) is 5.69 Å². The van der Waals surface area contributed by atoms with E-state index in [9.17, 15) is 9.18 Å². The third kappa shape index (κ3) is 4.59. The summed E-state index contributed by atoms with van der Waals surface area (Å²) in [5.41, 5.74) is 1.15. The second kappa shape index (κ2) is 8.90. The lowest BCUT2D eigenvalue weighted by Gasteiger charge is -2.07. The van der Waals surface area contributed by atoms with Gasteiger partial charge in [0.15, 0.2) is 35.4 Å². The molecule has 0 saturated heterocycles. The van der Waals surface area contributed by atoms with Crippen LogP contribution in [-0.4, -0.2) is 32.0 Å². The van der Waals surface area contributed by atoms with Crippen molar-refractivity contribution in [2.24, 2.45) is 0 Å². The molecule has 0 aliphatic rings. The Hall–Kier alpha value is -3.55. The number of esters is 1. The minimum Gasteiger partial charge on any atom is -0.493 e. The van der Waals surface area contributed by atoms with E-state index in [1.165, 1.54) is 25.3 Å². The number of methoxy groups -OCH3 is 2. The number of hydrogen-bond acceptors (Lipinski definition) is 7. The summed E-state index contributed by atoms with van der Waals surface area (Å²) in [6.07, 6.45) is 0. The molecule has 0 aliphatic heterocycles. The Balaban J connectivity index is 1.56. The Morgan fingerprint density at radius 3 is 2.57 bits per heavy atom. The van der Waals surface area contributed by atoms with Gasteiger partial charge in [-0.3, -0.25) is 0 Å². The van der Waals surface area contributed by atoms with Gasteiger partial charge in [0.05, 0.1) is 14.2 Å². The van der Waals surface area contributed by atoms with Crippen molar-refractivity contribution in [3.05, 3.63) is 60.0 Å². The molecular formula is C20H18FNO6. The van der Waals surface area contributed by atoms with Crippen LogP contribution in [0.3, 0.4) is 0 Å². The number of hydrogen-bond donors (Lipinski definition) is 0. The van der Waals surface area contributed by atoms with Crippen molar-refractivity contribution < 1.29 is 32.7 Å². The number of rotatable bonds is 8. The predicted octanol–water partition coefficient (Wildman–Crippen LogP) is 3.62. The maximum atomic E-state index is 13.4. The highest BCUT2D eigenvalue weighted by Gasteiger charge is 2.13. The first kappa shape index (κ1) is 19.2. The van der Waals surface area contributed by atoms with Crippen molar-refractivity contribution in [3.63, 3.8) is 0 Å². The predicted molar refractivity (Wildman–Crippen MR) is 96.7 cm³/mol. The van der Waals surface area contributed by atoms with Gasteiger partial charge in [-0.2, -0.15) is 0 Å². The van der Waals surface area contributed by atoms with Gasteiger partial charge in [0, 0.05) is 11.6 Å². The molecule has 0 spiro atoms. The molecule has 146 valence electrons. The highest BCUT2D eigenvalue weighted by molar-refractivity contribution is 5.71. The Kier molecular flexibility index (Phi) is 6.11. The molecule has 1 aromatic heterocycles. The van der Waals surface area contributed by atoms with E-state index >= 15 is 0 Å². The molecular weight excluding hydrogens is 369 g/mol. The number of halogens is 1. The monoisotopic (exact) mass is 387 g/mol. The summed E-state index contributed by atoms with van der Waals surface area (Å²) in [5, 5.41) is 3.87. The minimum atomic E-state index is -0.654. The van der Waals surface area contributed by atoms with Crippen molar-refractivity contribution in [2.75, 3.05) is 20.8 Å². The highest BCUT2D eigenvalue weighted by atomic mass is 19.1. The summed E-state index contributed by atoms with van der Waals surface area (Å²) in [6.45, 7) is -0.516. The summed E-state index contributed by atoms with van der Waals surface area (Å²) in [4.78, 5) is 11.8.